The van der Waals surface area contributed by atoms with Gasteiger partial charge >= 0.3 is 0 Å². The molecule has 0 N–H and O–H groups in total. The molecule has 0 saturated carbocycles. The number of allylic oxidation sites excluding steroid dienone is 2. The van der Waals surface area contributed by atoms with Crippen LogP contribution in [0.1, 0.15) is 95.2 Å². The lowest BCUT2D eigenvalue weighted by Gasteiger charge is -2.20. The minimum atomic E-state index is -1.11. The summed E-state index contributed by atoms with van der Waals surface area (Å²) in [5, 5.41) is 0. The van der Waals surface area contributed by atoms with E-state index >= 15 is 0 Å². The molecule has 0 radical (unpaired) electrons. The molecule has 0 spiro atoms. The third-order valence-corrected chi connectivity index (χ3v) is 8.99. The first-order valence-corrected chi connectivity index (χ1v) is 15.8. The molecule has 3 unspecified atom stereocenters. The van der Waals surface area contributed by atoms with Crippen molar-refractivity contribution in [3.8, 4) is 11.8 Å². The Morgan fingerprint density at radius 2 is 1.85 bits per heavy atom. The van der Waals surface area contributed by atoms with E-state index in [1.807, 2.05) is 37.4 Å². The standard InChI is InChI=1S/C35H43FN2OS/c1-7-9-10-13-31(32-23-29(36)16-15-27(32)6)33(22-28(8-2)34-14-11-12-20-37-34)35-18-17-30(24-38-35)40(39)21-19-26(5)25(3)4/h11-12,14-18,20,23-26,28H,7-9,19,21-22H2,1-6H3. The fourth-order valence-corrected chi connectivity index (χ4v) is 5.75. The van der Waals surface area contributed by atoms with E-state index < -0.39 is 10.8 Å². The number of pyridine rings is 2. The van der Waals surface area contributed by atoms with Crippen LogP contribution >= 0.6 is 0 Å². The van der Waals surface area contributed by atoms with Crippen molar-refractivity contribution < 1.29 is 8.60 Å². The molecule has 3 atom stereocenters. The zero-order chi connectivity index (χ0) is 29.1. The van der Waals surface area contributed by atoms with Crippen molar-refractivity contribution in [1.29, 1.82) is 0 Å². The maximum atomic E-state index is 14.5. The van der Waals surface area contributed by atoms with Gasteiger partial charge in [-0.05, 0) is 97.5 Å². The topological polar surface area (TPSA) is 42.9 Å². The van der Waals surface area contributed by atoms with Gasteiger partial charge in [0.2, 0.25) is 0 Å². The van der Waals surface area contributed by atoms with E-state index in [0.717, 1.165) is 64.2 Å². The molecule has 5 heteroatoms. The molecule has 2 heterocycles. The SMILES string of the molecule is CCCC#CC(=C(CC(CC)c1ccccn1)c1ccc(S(=O)CCC(C)C(C)C)cn1)c1cc(F)ccc1C. The zero-order valence-corrected chi connectivity index (χ0v) is 25.7. The highest BCUT2D eigenvalue weighted by molar-refractivity contribution is 7.85. The first-order chi connectivity index (χ1) is 19.2. The van der Waals surface area contributed by atoms with Crippen molar-refractivity contribution in [2.45, 2.75) is 84.5 Å². The van der Waals surface area contributed by atoms with Gasteiger partial charge in [-0.2, -0.15) is 0 Å². The van der Waals surface area contributed by atoms with E-state index in [1.165, 1.54) is 6.07 Å². The molecule has 1 aromatic carbocycles. The number of unbranched alkanes of at least 4 members (excludes halogenated alkanes) is 1. The predicted octanol–water partition coefficient (Wildman–Crippen LogP) is 9.01. The first-order valence-electron chi connectivity index (χ1n) is 14.5. The van der Waals surface area contributed by atoms with Crippen LogP contribution in [0.2, 0.25) is 0 Å². The minimum absolute atomic E-state index is 0.140. The third-order valence-electron chi connectivity index (χ3n) is 7.61. The van der Waals surface area contributed by atoms with Crippen LogP contribution in [-0.2, 0) is 10.8 Å². The number of hydrogen-bond acceptors (Lipinski definition) is 3. The molecule has 0 aliphatic rings. The van der Waals surface area contributed by atoms with Gasteiger partial charge in [0.15, 0.2) is 0 Å². The Kier molecular flexibility index (Phi) is 12.3. The summed E-state index contributed by atoms with van der Waals surface area (Å²) in [7, 11) is -1.11. The van der Waals surface area contributed by atoms with E-state index in [-0.39, 0.29) is 11.7 Å². The second kappa shape index (κ2) is 15.6. The van der Waals surface area contributed by atoms with Crippen molar-refractivity contribution in [2.24, 2.45) is 11.8 Å². The summed E-state index contributed by atoms with van der Waals surface area (Å²) in [4.78, 5) is 10.2. The Bertz CT molecular complexity index is 1350. The molecule has 3 rings (SSSR count). The molecular formula is C35H43FN2OS. The van der Waals surface area contributed by atoms with Gasteiger partial charge in [0.25, 0.3) is 0 Å². The van der Waals surface area contributed by atoms with Crippen molar-refractivity contribution >= 4 is 21.9 Å². The van der Waals surface area contributed by atoms with Crippen LogP contribution < -0.4 is 0 Å². The van der Waals surface area contributed by atoms with Gasteiger partial charge in [-0.3, -0.25) is 14.2 Å². The Balaban J connectivity index is 2.13. The van der Waals surface area contributed by atoms with Crippen molar-refractivity contribution in [2.75, 3.05) is 5.75 Å². The lowest BCUT2D eigenvalue weighted by Crippen LogP contribution is -2.09. The number of rotatable bonds is 12. The van der Waals surface area contributed by atoms with E-state index in [0.29, 0.717) is 24.0 Å². The van der Waals surface area contributed by atoms with E-state index in [9.17, 15) is 8.60 Å². The quantitative estimate of drug-likeness (QED) is 0.208. The van der Waals surface area contributed by atoms with Crippen LogP contribution in [0.3, 0.4) is 0 Å². The number of hydrogen-bond donors (Lipinski definition) is 0. The lowest BCUT2D eigenvalue weighted by atomic mass is 9.86. The van der Waals surface area contributed by atoms with Crippen molar-refractivity contribution in [3.63, 3.8) is 0 Å². The molecule has 0 bridgehead atoms. The Hall–Kier alpha value is -3.10. The Morgan fingerprint density at radius 3 is 2.48 bits per heavy atom. The van der Waals surface area contributed by atoms with Crippen molar-refractivity contribution in [1.82, 2.24) is 9.97 Å². The summed E-state index contributed by atoms with van der Waals surface area (Å²) < 4.78 is 27.6. The number of nitrogens with zero attached hydrogens (tertiary/aromatic N) is 2. The summed E-state index contributed by atoms with van der Waals surface area (Å²) in [5.74, 6) is 8.26. The van der Waals surface area contributed by atoms with Crippen LogP contribution in [0.25, 0.3) is 11.1 Å². The van der Waals surface area contributed by atoms with Gasteiger partial charge in [-0.25, -0.2) is 4.39 Å². The van der Waals surface area contributed by atoms with Gasteiger partial charge in [-0.15, -0.1) is 0 Å². The summed E-state index contributed by atoms with van der Waals surface area (Å²) in [6.45, 7) is 12.9. The smallest absolute Gasteiger partial charge is 0.123 e. The summed E-state index contributed by atoms with van der Waals surface area (Å²) in [5.41, 5.74) is 5.29. The average Bonchev–Trinajstić information content (AvgIpc) is 2.97. The van der Waals surface area contributed by atoms with Gasteiger partial charge in [0, 0.05) is 41.8 Å². The highest BCUT2D eigenvalue weighted by Crippen LogP contribution is 2.36. The van der Waals surface area contributed by atoms with Crippen LogP contribution in [0.5, 0.6) is 0 Å². The monoisotopic (exact) mass is 558 g/mol. The first kappa shape index (κ1) is 31.4. The molecular weight excluding hydrogens is 515 g/mol. The van der Waals surface area contributed by atoms with E-state index in [1.54, 1.807) is 18.3 Å². The normalized spacial score (nSPS) is 14.2. The molecule has 3 nitrogen and oxygen atoms in total. The van der Waals surface area contributed by atoms with E-state index in [4.69, 9.17) is 4.98 Å². The minimum Gasteiger partial charge on any atom is -0.261 e. The number of benzene rings is 1. The number of aromatic nitrogens is 2. The van der Waals surface area contributed by atoms with Gasteiger partial charge in [0.1, 0.15) is 5.82 Å². The lowest BCUT2D eigenvalue weighted by molar-refractivity contribution is 0.409. The van der Waals surface area contributed by atoms with Crippen LogP contribution in [0.15, 0.2) is 65.8 Å². The van der Waals surface area contributed by atoms with Gasteiger partial charge < -0.3 is 0 Å². The van der Waals surface area contributed by atoms with Crippen LogP contribution in [0, 0.1) is 36.4 Å². The average molecular weight is 559 g/mol. The second-order valence-electron chi connectivity index (χ2n) is 10.9. The van der Waals surface area contributed by atoms with Crippen molar-refractivity contribution in [3.05, 3.63) is 89.3 Å². The predicted molar refractivity (Wildman–Crippen MR) is 167 cm³/mol. The fraction of sp³-hybridized carbons (Fsp3) is 0.429. The largest absolute Gasteiger partial charge is 0.261 e. The molecule has 212 valence electrons. The van der Waals surface area contributed by atoms with Crippen LogP contribution in [-0.4, -0.2) is 19.9 Å². The molecule has 0 saturated heterocycles. The highest BCUT2D eigenvalue weighted by Gasteiger charge is 2.21. The third kappa shape index (κ3) is 8.70. The second-order valence-corrected chi connectivity index (χ2v) is 12.4. The number of halogens is 1. The summed E-state index contributed by atoms with van der Waals surface area (Å²) in [6, 6.07) is 14.7. The molecule has 40 heavy (non-hydrogen) atoms. The van der Waals surface area contributed by atoms with Gasteiger partial charge in [-0.1, -0.05) is 58.6 Å². The summed E-state index contributed by atoms with van der Waals surface area (Å²) >= 11 is 0. The zero-order valence-electron chi connectivity index (χ0n) is 24.8. The van der Waals surface area contributed by atoms with E-state index in [2.05, 4.69) is 57.5 Å². The van der Waals surface area contributed by atoms with Crippen LogP contribution in [0.4, 0.5) is 4.39 Å². The Morgan fingerprint density at radius 1 is 1.05 bits per heavy atom. The molecule has 2 aromatic heterocycles. The molecule has 0 aliphatic heterocycles. The maximum absolute atomic E-state index is 14.5. The van der Waals surface area contributed by atoms with Gasteiger partial charge in [0.05, 0.1) is 21.4 Å². The molecule has 0 amide bonds. The summed E-state index contributed by atoms with van der Waals surface area (Å²) in [6.07, 6.45) is 7.70. The molecule has 3 aromatic rings. The highest BCUT2D eigenvalue weighted by atomic mass is 32.2. The fourth-order valence-electron chi connectivity index (χ4n) is 4.54. The number of aryl methyl sites for hydroxylation is 1. The maximum Gasteiger partial charge on any atom is 0.123 e. The Labute approximate surface area is 243 Å². The molecule has 0 aliphatic carbocycles. The molecule has 0 fully saturated rings.